The highest BCUT2D eigenvalue weighted by Gasteiger charge is 2.14. The van der Waals surface area contributed by atoms with Gasteiger partial charge in [0.05, 0.1) is 13.2 Å². The first-order chi connectivity index (χ1) is 8.66. The number of carboxylic acid groups (broad SMARTS) is 1. The molecule has 2 rings (SSSR count). The molecule has 1 aromatic carbocycles. The van der Waals surface area contributed by atoms with E-state index < -0.39 is 5.97 Å². The van der Waals surface area contributed by atoms with E-state index in [1.165, 1.54) is 18.2 Å². The summed E-state index contributed by atoms with van der Waals surface area (Å²) in [6.45, 7) is 2.69. The Morgan fingerprint density at radius 1 is 1.39 bits per heavy atom. The number of hydrogen-bond acceptors (Lipinski definition) is 3. The molecule has 1 aliphatic heterocycles. The van der Waals surface area contributed by atoms with Crippen molar-refractivity contribution in [2.45, 2.75) is 0 Å². The first-order valence-corrected chi connectivity index (χ1v) is 5.70. The molecule has 0 spiro atoms. The van der Waals surface area contributed by atoms with Crippen LogP contribution in [0.2, 0.25) is 0 Å². The normalized spacial score (nSPS) is 16.2. The van der Waals surface area contributed by atoms with Crippen molar-refractivity contribution in [1.29, 1.82) is 0 Å². The maximum absolute atomic E-state index is 13.2. The molecular weight excluding hydrogens is 237 g/mol. The van der Waals surface area contributed by atoms with Crippen molar-refractivity contribution in [2.75, 3.05) is 31.2 Å². The lowest BCUT2D eigenvalue weighted by molar-refractivity contribution is -0.131. The van der Waals surface area contributed by atoms with E-state index in [0.29, 0.717) is 18.8 Å². The largest absolute Gasteiger partial charge is 0.478 e. The third-order valence-corrected chi connectivity index (χ3v) is 2.75. The average molecular weight is 251 g/mol. The zero-order valence-electron chi connectivity index (χ0n) is 9.80. The Bertz CT molecular complexity index is 467. The Balaban J connectivity index is 2.30. The molecule has 96 valence electrons. The Labute approximate surface area is 104 Å². The lowest BCUT2D eigenvalue weighted by Gasteiger charge is -2.30. The van der Waals surface area contributed by atoms with E-state index in [1.54, 1.807) is 6.07 Å². The smallest absolute Gasteiger partial charge is 0.328 e. The molecule has 0 unspecified atom stereocenters. The first kappa shape index (κ1) is 12.6. The molecule has 4 nitrogen and oxygen atoms in total. The van der Waals surface area contributed by atoms with E-state index in [4.69, 9.17) is 9.84 Å². The van der Waals surface area contributed by atoms with E-state index in [9.17, 15) is 9.18 Å². The highest BCUT2D eigenvalue weighted by molar-refractivity contribution is 5.87. The summed E-state index contributed by atoms with van der Waals surface area (Å²) >= 11 is 0. The lowest BCUT2D eigenvalue weighted by Crippen LogP contribution is -2.36. The van der Waals surface area contributed by atoms with Crippen molar-refractivity contribution < 1.29 is 19.0 Å². The molecule has 0 aliphatic carbocycles. The number of carbonyl (C=O) groups is 1. The van der Waals surface area contributed by atoms with Crippen LogP contribution in [-0.4, -0.2) is 37.4 Å². The summed E-state index contributed by atoms with van der Waals surface area (Å²) in [5.74, 6) is -1.43. The van der Waals surface area contributed by atoms with Gasteiger partial charge in [-0.1, -0.05) is 0 Å². The molecule has 0 saturated carbocycles. The van der Waals surface area contributed by atoms with Gasteiger partial charge in [0.1, 0.15) is 5.82 Å². The second-order valence-electron chi connectivity index (χ2n) is 3.97. The number of ether oxygens (including phenoxy) is 1. The van der Waals surface area contributed by atoms with Crippen LogP contribution < -0.4 is 4.90 Å². The molecule has 0 atom stereocenters. The number of nitrogens with zero attached hydrogens (tertiary/aromatic N) is 1. The summed E-state index contributed by atoms with van der Waals surface area (Å²) in [5.41, 5.74) is 1.40. The van der Waals surface area contributed by atoms with Gasteiger partial charge in [-0.2, -0.15) is 0 Å². The molecule has 1 saturated heterocycles. The summed E-state index contributed by atoms with van der Waals surface area (Å²) in [6, 6.07) is 4.38. The molecule has 1 aromatic rings. The van der Waals surface area contributed by atoms with Crippen molar-refractivity contribution in [3.05, 3.63) is 35.7 Å². The van der Waals surface area contributed by atoms with Gasteiger partial charge >= 0.3 is 5.97 Å². The van der Waals surface area contributed by atoms with E-state index in [-0.39, 0.29) is 5.82 Å². The van der Waals surface area contributed by atoms with Crippen LogP contribution in [0.1, 0.15) is 5.56 Å². The monoisotopic (exact) mass is 251 g/mol. The fourth-order valence-electron chi connectivity index (χ4n) is 1.91. The quantitative estimate of drug-likeness (QED) is 0.832. The van der Waals surface area contributed by atoms with Gasteiger partial charge in [0.25, 0.3) is 0 Å². The van der Waals surface area contributed by atoms with Crippen molar-refractivity contribution in [3.63, 3.8) is 0 Å². The third-order valence-electron chi connectivity index (χ3n) is 2.75. The molecular formula is C13H14FNO3. The topological polar surface area (TPSA) is 49.8 Å². The predicted molar refractivity (Wildman–Crippen MR) is 66.1 cm³/mol. The number of benzene rings is 1. The zero-order valence-corrected chi connectivity index (χ0v) is 9.80. The Morgan fingerprint density at radius 3 is 2.78 bits per heavy atom. The van der Waals surface area contributed by atoms with Crippen LogP contribution in [0.15, 0.2) is 24.3 Å². The van der Waals surface area contributed by atoms with Gasteiger partial charge in [-0.25, -0.2) is 9.18 Å². The molecule has 1 heterocycles. The summed E-state index contributed by atoms with van der Waals surface area (Å²) in [4.78, 5) is 12.6. The maximum atomic E-state index is 13.2. The van der Waals surface area contributed by atoms with Crippen LogP contribution in [0.5, 0.6) is 0 Å². The fraction of sp³-hybridized carbons (Fsp3) is 0.308. The van der Waals surface area contributed by atoms with Crippen molar-refractivity contribution in [2.24, 2.45) is 0 Å². The van der Waals surface area contributed by atoms with Crippen LogP contribution >= 0.6 is 0 Å². The van der Waals surface area contributed by atoms with E-state index in [1.807, 2.05) is 0 Å². The number of morpholine rings is 1. The summed E-state index contributed by atoms with van der Waals surface area (Å²) < 4.78 is 18.5. The van der Waals surface area contributed by atoms with Crippen molar-refractivity contribution >= 4 is 17.7 Å². The predicted octanol–water partition coefficient (Wildman–Crippen LogP) is 1.76. The SMILES string of the molecule is O=C(O)/C=C/c1cc(F)ccc1N1CCOCC1. The molecule has 0 aromatic heterocycles. The Morgan fingerprint density at radius 2 is 2.11 bits per heavy atom. The third kappa shape index (κ3) is 3.07. The zero-order chi connectivity index (χ0) is 13.0. The molecule has 1 fully saturated rings. The van der Waals surface area contributed by atoms with Gasteiger partial charge in [0.2, 0.25) is 0 Å². The number of anilines is 1. The van der Waals surface area contributed by atoms with Gasteiger partial charge in [-0.3, -0.25) is 0 Å². The molecule has 5 heteroatoms. The van der Waals surface area contributed by atoms with Gasteiger partial charge in [-0.15, -0.1) is 0 Å². The van der Waals surface area contributed by atoms with Crippen LogP contribution in [0.4, 0.5) is 10.1 Å². The van der Waals surface area contributed by atoms with E-state index >= 15 is 0 Å². The minimum atomic E-state index is -1.05. The van der Waals surface area contributed by atoms with Crippen LogP contribution in [0, 0.1) is 5.82 Å². The van der Waals surface area contributed by atoms with Gasteiger partial charge in [0.15, 0.2) is 0 Å². The molecule has 0 bridgehead atoms. The minimum Gasteiger partial charge on any atom is -0.478 e. The molecule has 0 radical (unpaired) electrons. The molecule has 18 heavy (non-hydrogen) atoms. The second kappa shape index (κ2) is 5.64. The van der Waals surface area contributed by atoms with Crippen molar-refractivity contribution in [3.8, 4) is 0 Å². The highest BCUT2D eigenvalue weighted by atomic mass is 19.1. The average Bonchev–Trinajstić information content (AvgIpc) is 2.37. The standard InChI is InChI=1S/C13H14FNO3/c14-11-2-3-12(15-5-7-18-8-6-15)10(9-11)1-4-13(16)17/h1-4,9H,5-8H2,(H,16,17)/b4-1+. The molecule has 1 N–H and O–H groups in total. The van der Waals surface area contributed by atoms with Crippen molar-refractivity contribution in [1.82, 2.24) is 0 Å². The summed E-state index contributed by atoms with van der Waals surface area (Å²) in [5, 5.41) is 8.63. The first-order valence-electron chi connectivity index (χ1n) is 5.70. The van der Waals surface area contributed by atoms with Crippen LogP contribution in [0.25, 0.3) is 6.08 Å². The van der Waals surface area contributed by atoms with E-state index in [2.05, 4.69) is 4.90 Å². The molecule has 1 aliphatic rings. The maximum Gasteiger partial charge on any atom is 0.328 e. The fourth-order valence-corrected chi connectivity index (χ4v) is 1.91. The molecule has 0 amide bonds. The lowest BCUT2D eigenvalue weighted by atomic mass is 10.1. The highest BCUT2D eigenvalue weighted by Crippen LogP contribution is 2.24. The second-order valence-corrected chi connectivity index (χ2v) is 3.97. The number of carboxylic acids is 1. The number of rotatable bonds is 3. The minimum absolute atomic E-state index is 0.378. The van der Waals surface area contributed by atoms with Gasteiger partial charge < -0.3 is 14.7 Å². The van der Waals surface area contributed by atoms with Crippen LogP contribution in [-0.2, 0) is 9.53 Å². The van der Waals surface area contributed by atoms with Gasteiger partial charge in [0, 0.05) is 30.4 Å². The summed E-state index contributed by atoms with van der Waals surface area (Å²) in [7, 11) is 0. The Kier molecular flexibility index (Phi) is 3.94. The van der Waals surface area contributed by atoms with E-state index in [0.717, 1.165) is 24.9 Å². The van der Waals surface area contributed by atoms with Crippen LogP contribution in [0.3, 0.4) is 0 Å². The summed E-state index contributed by atoms with van der Waals surface area (Å²) in [6.07, 6.45) is 2.43. The Hall–Kier alpha value is -1.88. The number of aliphatic carboxylic acids is 1. The van der Waals surface area contributed by atoms with Gasteiger partial charge in [-0.05, 0) is 24.3 Å². The number of halogens is 1. The number of hydrogen-bond donors (Lipinski definition) is 1.